The lowest BCUT2D eigenvalue weighted by atomic mass is 10.1. The molecule has 3 aromatic rings. The van der Waals surface area contributed by atoms with Crippen molar-refractivity contribution in [3.8, 4) is 5.75 Å². The number of carbonyl (C=O) groups excluding carboxylic acids is 1. The fourth-order valence-electron chi connectivity index (χ4n) is 2.46. The normalized spacial score (nSPS) is 10.2. The van der Waals surface area contributed by atoms with E-state index in [2.05, 4.69) is 20.8 Å². The zero-order valence-corrected chi connectivity index (χ0v) is 14.5. The second-order valence-electron chi connectivity index (χ2n) is 5.66. The summed E-state index contributed by atoms with van der Waals surface area (Å²) >= 11 is 0. The first-order chi connectivity index (χ1) is 12.7. The van der Waals surface area contributed by atoms with Gasteiger partial charge in [0.25, 0.3) is 0 Å². The number of nitrogens with zero attached hydrogens (tertiary/aromatic N) is 2. The molecule has 1 aromatic heterocycles. The molecule has 0 fully saturated rings. The van der Waals surface area contributed by atoms with Crippen LogP contribution in [0.2, 0.25) is 0 Å². The molecule has 132 valence electrons. The predicted molar refractivity (Wildman–Crippen MR) is 102 cm³/mol. The highest BCUT2D eigenvalue weighted by Crippen LogP contribution is 2.26. The van der Waals surface area contributed by atoms with Gasteiger partial charge in [-0.25, -0.2) is 0 Å². The van der Waals surface area contributed by atoms with Crippen molar-refractivity contribution >= 4 is 23.2 Å². The van der Waals surface area contributed by atoms with Crippen LogP contribution in [-0.2, 0) is 11.2 Å². The van der Waals surface area contributed by atoms with Crippen molar-refractivity contribution < 1.29 is 9.53 Å². The lowest BCUT2D eigenvalue weighted by Gasteiger charge is -2.10. The van der Waals surface area contributed by atoms with Crippen molar-refractivity contribution in [3.63, 3.8) is 0 Å². The topological polar surface area (TPSA) is 76.1 Å². The van der Waals surface area contributed by atoms with Gasteiger partial charge in [0.15, 0.2) is 11.6 Å². The monoisotopic (exact) mass is 348 g/mol. The number of aromatic nitrogens is 2. The van der Waals surface area contributed by atoms with Gasteiger partial charge in [0.05, 0.1) is 12.8 Å². The number of para-hydroxylation sites is 2. The average molecular weight is 348 g/mol. The molecule has 3 rings (SSSR count). The van der Waals surface area contributed by atoms with Crippen LogP contribution in [0.25, 0.3) is 0 Å². The number of hydrogen-bond acceptors (Lipinski definition) is 5. The lowest BCUT2D eigenvalue weighted by molar-refractivity contribution is -0.116. The quantitative estimate of drug-likeness (QED) is 0.679. The van der Waals surface area contributed by atoms with Crippen LogP contribution in [-0.4, -0.2) is 23.2 Å². The van der Waals surface area contributed by atoms with Crippen molar-refractivity contribution in [1.82, 2.24) is 10.2 Å². The predicted octanol–water partition coefficient (Wildman–Crippen LogP) is 3.80. The van der Waals surface area contributed by atoms with Crippen LogP contribution < -0.4 is 15.4 Å². The maximum Gasteiger partial charge on any atom is 0.225 e. The van der Waals surface area contributed by atoms with Gasteiger partial charge in [-0.15, -0.1) is 10.2 Å². The van der Waals surface area contributed by atoms with E-state index in [1.807, 2.05) is 54.6 Å². The molecule has 1 heterocycles. The number of carbonyl (C=O) groups is 1. The number of rotatable bonds is 7. The highest BCUT2D eigenvalue weighted by molar-refractivity contribution is 5.89. The molecular weight excluding hydrogens is 328 g/mol. The van der Waals surface area contributed by atoms with Gasteiger partial charge in [-0.1, -0.05) is 42.5 Å². The molecule has 0 atom stereocenters. The van der Waals surface area contributed by atoms with E-state index in [1.54, 1.807) is 19.2 Å². The van der Waals surface area contributed by atoms with Crippen LogP contribution in [0.1, 0.15) is 12.0 Å². The molecule has 0 aliphatic rings. The van der Waals surface area contributed by atoms with Crippen LogP contribution in [0.15, 0.2) is 66.7 Å². The summed E-state index contributed by atoms with van der Waals surface area (Å²) in [6.45, 7) is 0. The van der Waals surface area contributed by atoms with Crippen LogP contribution in [0.4, 0.5) is 17.3 Å². The second kappa shape index (κ2) is 8.62. The number of methoxy groups -OCH3 is 1. The third kappa shape index (κ3) is 4.80. The largest absolute Gasteiger partial charge is 0.495 e. The summed E-state index contributed by atoms with van der Waals surface area (Å²) in [5.74, 6) is 1.62. The number of amides is 1. The number of ether oxygens (including phenoxy) is 1. The Bertz CT molecular complexity index is 851. The molecule has 0 aliphatic carbocycles. The molecule has 0 saturated heterocycles. The van der Waals surface area contributed by atoms with E-state index in [0.717, 1.165) is 11.3 Å². The Morgan fingerprint density at radius 1 is 0.923 bits per heavy atom. The Labute approximate surface area is 152 Å². The molecule has 0 unspecified atom stereocenters. The van der Waals surface area contributed by atoms with E-state index in [9.17, 15) is 4.79 Å². The minimum atomic E-state index is -0.0893. The van der Waals surface area contributed by atoms with Gasteiger partial charge in [0.2, 0.25) is 5.91 Å². The summed E-state index contributed by atoms with van der Waals surface area (Å²) in [7, 11) is 1.61. The Hall–Kier alpha value is -3.41. The van der Waals surface area contributed by atoms with Crippen molar-refractivity contribution in [3.05, 3.63) is 72.3 Å². The molecular formula is C20H20N4O2. The maximum absolute atomic E-state index is 12.0. The molecule has 2 N–H and O–H groups in total. The molecule has 6 heteroatoms. The number of hydrogen-bond donors (Lipinski definition) is 2. The molecule has 6 nitrogen and oxygen atoms in total. The number of nitrogens with one attached hydrogen (secondary N) is 2. The molecule has 0 saturated carbocycles. The Kier molecular flexibility index (Phi) is 5.77. The average Bonchev–Trinajstić information content (AvgIpc) is 2.69. The van der Waals surface area contributed by atoms with Crippen LogP contribution >= 0.6 is 0 Å². The van der Waals surface area contributed by atoms with E-state index >= 15 is 0 Å². The minimum absolute atomic E-state index is 0.0893. The SMILES string of the molecule is COc1ccccc1Nc1ccc(NC(=O)CCc2ccccc2)nn1. The maximum atomic E-state index is 12.0. The first kappa shape index (κ1) is 17.4. The summed E-state index contributed by atoms with van der Waals surface area (Å²) in [5.41, 5.74) is 1.93. The fraction of sp³-hybridized carbons (Fsp3) is 0.150. The van der Waals surface area contributed by atoms with Gasteiger partial charge in [-0.3, -0.25) is 4.79 Å². The summed E-state index contributed by atoms with van der Waals surface area (Å²) in [6.07, 6.45) is 1.08. The van der Waals surface area contributed by atoms with Crippen molar-refractivity contribution in [2.24, 2.45) is 0 Å². The molecule has 0 radical (unpaired) electrons. The molecule has 2 aromatic carbocycles. The highest BCUT2D eigenvalue weighted by atomic mass is 16.5. The first-order valence-corrected chi connectivity index (χ1v) is 8.32. The minimum Gasteiger partial charge on any atom is -0.495 e. The highest BCUT2D eigenvalue weighted by Gasteiger charge is 2.06. The zero-order chi connectivity index (χ0) is 18.2. The van der Waals surface area contributed by atoms with Gasteiger partial charge in [-0.2, -0.15) is 0 Å². The van der Waals surface area contributed by atoms with Gasteiger partial charge < -0.3 is 15.4 Å². The fourth-order valence-corrected chi connectivity index (χ4v) is 2.46. The van der Waals surface area contributed by atoms with Gasteiger partial charge >= 0.3 is 0 Å². The third-order valence-electron chi connectivity index (χ3n) is 3.79. The van der Waals surface area contributed by atoms with E-state index in [1.165, 1.54) is 0 Å². The Balaban J connectivity index is 1.55. The van der Waals surface area contributed by atoms with Gasteiger partial charge in [-0.05, 0) is 36.2 Å². The van der Waals surface area contributed by atoms with E-state index < -0.39 is 0 Å². The summed E-state index contributed by atoms with van der Waals surface area (Å²) in [6, 6.07) is 20.9. The smallest absolute Gasteiger partial charge is 0.225 e. The van der Waals surface area contributed by atoms with Crippen molar-refractivity contribution in [1.29, 1.82) is 0 Å². The van der Waals surface area contributed by atoms with E-state index in [-0.39, 0.29) is 5.91 Å². The van der Waals surface area contributed by atoms with Crippen LogP contribution in [0.3, 0.4) is 0 Å². The standard InChI is InChI=1S/C20H20N4O2/c1-26-17-10-6-5-9-16(17)21-18-12-13-19(24-23-18)22-20(25)14-11-15-7-3-2-4-8-15/h2-10,12-13H,11,14H2,1H3,(H,21,23)(H,22,24,25). The zero-order valence-electron chi connectivity index (χ0n) is 14.5. The summed E-state index contributed by atoms with van der Waals surface area (Å²) in [5, 5.41) is 14.0. The number of benzene rings is 2. The molecule has 0 aliphatic heterocycles. The van der Waals surface area contributed by atoms with Crippen molar-refractivity contribution in [2.75, 3.05) is 17.7 Å². The Morgan fingerprint density at radius 2 is 1.62 bits per heavy atom. The van der Waals surface area contributed by atoms with E-state index in [0.29, 0.717) is 30.2 Å². The van der Waals surface area contributed by atoms with Crippen molar-refractivity contribution in [2.45, 2.75) is 12.8 Å². The number of anilines is 3. The molecule has 26 heavy (non-hydrogen) atoms. The molecule has 1 amide bonds. The van der Waals surface area contributed by atoms with Gasteiger partial charge in [0, 0.05) is 6.42 Å². The lowest BCUT2D eigenvalue weighted by Crippen LogP contribution is -2.14. The Morgan fingerprint density at radius 3 is 2.35 bits per heavy atom. The molecule has 0 bridgehead atoms. The molecule has 0 spiro atoms. The first-order valence-electron chi connectivity index (χ1n) is 8.32. The number of aryl methyl sites for hydroxylation is 1. The van der Waals surface area contributed by atoms with Crippen LogP contribution in [0.5, 0.6) is 5.75 Å². The summed E-state index contributed by atoms with van der Waals surface area (Å²) in [4.78, 5) is 12.0. The summed E-state index contributed by atoms with van der Waals surface area (Å²) < 4.78 is 5.29. The third-order valence-corrected chi connectivity index (χ3v) is 3.79. The second-order valence-corrected chi connectivity index (χ2v) is 5.66. The van der Waals surface area contributed by atoms with Crippen LogP contribution in [0, 0.1) is 0 Å². The van der Waals surface area contributed by atoms with E-state index in [4.69, 9.17) is 4.74 Å². The van der Waals surface area contributed by atoms with Gasteiger partial charge in [0.1, 0.15) is 5.75 Å².